The number of hydrogen-bond donors (Lipinski definition) is 1. The smallest absolute Gasteiger partial charge is 0.378 e. The number of carbonyl (C=O) groups excluding carboxylic acids is 1. The first-order valence-corrected chi connectivity index (χ1v) is 8.56. The molecule has 4 rings (SSSR count). The molecule has 1 amide bonds. The van der Waals surface area contributed by atoms with Gasteiger partial charge in [0, 0.05) is 25.5 Å². The third-order valence-electron chi connectivity index (χ3n) is 4.24. The number of morpholine rings is 1. The van der Waals surface area contributed by atoms with Crippen LogP contribution in [0.4, 0.5) is 19.0 Å². The summed E-state index contributed by atoms with van der Waals surface area (Å²) in [6.07, 6.45) is -0.763. The van der Waals surface area contributed by atoms with Gasteiger partial charge in [-0.3, -0.25) is 4.79 Å². The highest BCUT2D eigenvalue weighted by Crippen LogP contribution is 2.28. The Hall–Kier alpha value is -3.35. The first-order valence-electron chi connectivity index (χ1n) is 8.56. The minimum Gasteiger partial charge on any atom is -0.378 e. The molecule has 0 radical (unpaired) electrons. The number of ether oxygens (including phenoxy) is 1. The molecule has 1 fully saturated rings. The molecule has 0 bridgehead atoms. The number of hydrogen-bond acceptors (Lipinski definition) is 8. The summed E-state index contributed by atoms with van der Waals surface area (Å²) in [4.78, 5) is 33.6. The Kier molecular flexibility index (Phi) is 4.74. The Morgan fingerprint density at radius 1 is 1.14 bits per heavy atom. The van der Waals surface area contributed by atoms with E-state index < -0.39 is 18.6 Å². The topological polar surface area (TPSA) is 125 Å². The van der Waals surface area contributed by atoms with E-state index in [-0.39, 0.29) is 22.8 Å². The van der Waals surface area contributed by atoms with Gasteiger partial charge in [0.05, 0.1) is 25.1 Å². The molecule has 2 N–H and O–H groups in total. The van der Waals surface area contributed by atoms with Crippen LogP contribution in [0.2, 0.25) is 0 Å². The molecule has 1 saturated heterocycles. The van der Waals surface area contributed by atoms with Crippen molar-refractivity contribution in [3.05, 3.63) is 24.5 Å². The number of carbonyl (C=O) groups is 1. The first kappa shape index (κ1) is 19.0. The van der Waals surface area contributed by atoms with Crippen LogP contribution in [0.15, 0.2) is 18.7 Å². The Morgan fingerprint density at radius 2 is 1.83 bits per heavy atom. The van der Waals surface area contributed by atoms with Crippen molar-refractivity contribution in [2.24, 2.45) is 5.73 Å². The van der Waals surface area contributed by atoms with E-state index >= 15 is 0 Å². The van der Waals surface area contributed by atoms with Crippen LogP contribution in [0.3, 0.4) is 0 Å². The second kappa shape index (κ2) is 7.24. The number of imidazole rings is 1. The summed E-state index contributed by atoms with van der Waals surface area (Å²) in [5.74, 6) is -0.484. The molecule has 0 unspecified atom stereocenters. The van der Waals surface area contributed by atoms with Crippen LogP contribution in [-0.4, -0.2) is 67.9 Å². The number of primary amides is 1. The lowest BCUT2D eigenvalue weighted by atomic mass is 10.3. The number of aromatic nitrogens is 6. The van der Waals surface area contributed by atoms with E-state index in [1.165, 1.54) is 12.4 Å². The number of alkyl halides is 3. The average Bonchev–Trinajstić information content (AvgIpc) is 3.09. The largest absolute Gasteiger partial charge is 0.406 e. The fraction of sp³-hybridized carbons (Fsp3) is 0.375. The Balaban J connectivity index is 1.84. The molecular weight excluding hydrogens is 393 g/mol. The van der Waals surface area contributed by atoms with Crippen LogP contribution < -0.4 is 10.6 Å². The molecule has 3 aromatic heterocycles. The number of rotatable bonds is 4. The number of anilines is 1. The maximum atomic E-state index is 13.0. The highest BCUT2D eigenvalue weighted by Gasteiger charge is 2.30. The standard InChI is InChI=1S/C16H15F3N8O2/c17-16(18,19)7-27-8-23-10-14(26-1-3-29-4-2-26)24-12(25-15(10)27)9-5-21-13(11(20)28)22-6-9/h5-6,8H,1-4,7H2,(H2,20,28). The molecule has 1 aliphatic rings. The minimum atomic E-state index is -4.44. The lowest BCUT2D eigenvalue weighted by molar-refractivity contribution is -0.140. The SMILES string of the molecule is NC(=O)c1ncc(-c2nc(N3CCOCC3)c3ncn(CC(F)(F)F)c3n2)cn1. The van der Waals surface area contributed by atoms with Crippen LogP contribution in [0, 0.1) is 0 Å². The maximum Gasteiger partial charge on any atom is 0.406 e. The van der Waals surface area contributed by atoms with Crippen molar-refractivity contribution < 1.29 is 22.7 Å². The van der Waals surface area contributed by atoms with Crippen LogP contribution >= 0.6 is 0 Å². The van der Waals surface area contributed by atoms with Gasteiger partial charge in [-0.1, -0.05) is 0 Å². The van der Waals surface area contributed by atoms with E-state index in [4.69, 9.17) is 10.5 Å². The summed E-state index contributed by atoms with van der Waals surface area (Å²) >= 11 is 0. The third-order valence-corrected chi connectivity index (χ3v) is 4.24. The van der Waals surface area contributed by atoms with Crippen LogP contribution in [0.25, 0.3) is 22.6 Å². The van der Waals surface area contributed by atoms with E-state index in [1.54, 1.807) is 0 Å². The van der Waals surface area contributed by atoms with Gasteiger partial charge in [-0.2, -0.15) is 13.2 Å². The van der Waals surface area contributed by atoms with Crippen molar-refractivity contribution in [2.75, 3.05) is 31.2 Å². The van der Waals surface area contributed by atoms with Gasteiger partial charge in [-0.15, -0.1) is 0 Å². The monoisotopic (exact) mass is 408 g/mol. The number of nitrogens with zero attached hydrogens (tertiary/aromatic N) is 7. The van der Waals surface area contributed by atoms with Crippen molar-refractivity contribution in [2.45, 2.75) is 12.7 Å². The van der Waals surface area contributed by atoms with E-state index in [1.807, 2.05) is 4.90 Å². The normalized spacial score (nSPS) is 15.1. The number of nitrogens with two attached hydrogens (primary N) is 1. The number of halogens is 3. The average molecular weight is 408 g/mol. The molecule has 3 aromatic rings. The molecule has 0 aliphatic carbocycles. The number of amides is 1. The van der Waals surface area contributed by atoms with Crippen molar-refractivity contribution in [1.82, 2.24) is 29.5 Å². The molecule has 13 heteroatoms. The van der Waals surface area contributed by atoms with Gasteiger partial charge in [0.1, 0.15) is 6.54 Å². The highest BCUT2D eigenvalue weighted by atomic mass is 19.4. The first-order chi connectivity index (χ1) is 13.8. The zero-order valence-corrected chi connectivity index (χ0v) is 14.9. The molecule has 0 aromatic carbocycles. The van der Waals surface area contributed by atoms with Crippen molar-refractivity contribution in [3.8, 4) is 11.4 Å². The molecule has 0 atom stereocenters. The zero-order chi connectivity index (χ0) is 20.6. The second-order valence-corrected chi connectivity index (χ2v) is 6.29. The summed E-state index contributed by atoms with van der Waals surface area (Å²) in [6, 6.07) is 0. The molecule has 0 spiro atoms. The van der Waals surface area contributed by atoms with E-state index in [0.717, 1.165) is 10.9 Å². The maximum absolute atomic E-state index is 13.0. The van der Waals surface area contributed by atoms with Gasteiger partial charge in [0.15, 0.2) is 22.8 Å². The second-order valence-electron chi connectivity index (χ2n) is 6.29. The fourth-order valence-electron chi connectivity index (χ4n) is 2.93. The third kappa shape index (κ3) is 3.94. The summed E-state index contributed by atoms with van der Waals surface area (Å²) in [5, 5.41) is 0. The number of fused-ring (bicyclic) bond motifs is 1. The van der Waals surface area contributed by atoms with Crippen molar-refractivity contribution >= 4 is 22.9 Å². The molecule has 10 nitrogen and oxygen atoms in total. The molecule has 152 valence electrons. The Morgan fingerprint density at radius 3 is 2.45 bits per heavy atom. The summed E-state index contributed by atoms with van der Waals surface area (Å²) in [5.41, 5.74) is 5.75. The molecule has 0 saturated carbocycles. The van der Waals surface area contributed by atoms with E-state index in [2.05, 4.69) is 24.9 Å². The zero-order valence-electron chi connectivity index (χ0n) is 14.9. The molecule has 4 heterocycles. The summed E-state index contributed by atoms with van der Waals surface area (Å²) in [6.45, 7) is 0.699. The lowest BCUT2D eigenvalue weighted by Crippen LogP contribution is -2.37. The molecule has 29 heavy (non-hydrogen) atoms. The van der Waals surface area contributed by atoms with Crippen molar-refractivity contribution in [1.29, 1.82) is 0 Å². The van der Waals surface area contributed by atoms with Crippen molar-refractivity contribution in [3.63, 3.8) is 0 Å². The van der Waals surface area contributed by atoms with Gasteiger partial charge < -0.3 is 19.9 Å². The molecular formula is C16H15F3N8O2. The predicted molar refractivity (Wildman–Crippen MR) is 94.0 cm³/mol. The van der Waals surface area contributed by atoms with Gasteiger partial charge in [0.2, 0.25) is 5.82 Å². The van der Waals surface area contributed by atoms with Gasteiger partial charge in [-0.05, 0) is 0 Å². The lowest BCUT2D eigenvalue weighted by Gasteiger charge is -2.28. The van der Waals surface area contributed by atoms with Crippen LogP contribution in [0.5, 0.6) is 0 Å². The quantitative estimate of drug-likeness (QED) is 0.672. The molecule has 1 aliphatic heterocycles. The fourth-order valence-corrected chi connectivity index (χ4v) is 2.93. The van der Waals surface area contributed by atoms with Gasteiger partial charge in [-0.25, -0.2) is 24.9 Å². The van der Waals surface area contributed by atoms with Crippen LogP contribution in [-0.2, 0) is 11.3 Å². The van der Waals surface area contributed by atoms with E-state index in [0.29, 0.717) is 37.7 Å². The van der Waals surface area contributed by atoms with Gasteiger partial charge >= 0.3 is 6.18 Å². The minimum absolute atomic E-state index is 0.0350. The summed E-state index contributed by atoms with van der Waals surface area (Å²) in [7, 11) is 0. The van der Waals surface area contributed by atoms with Gasteiger partial charge in [0.25, 0.3) is 5.91 Å². The Labute approximate surface area is 161 Å². The van der Waals surface area contributed by atoms with Crippen LogP contribution in [0.1, 0.15) is 10.6 Å². The predicted octanol–water partition coefficient (Wildman–Crippen LogP) is 0.781. The summed E-state index contributed by atoms with van der Waals surface area (Å²) < 4.78 is 45.1. The van der Waals surface area contributed by atoms with E-state index in [9.17, 15) is 18.0 Å². The Bertz CT molecular complexity index is 1040. The highest BCUT2D eigenvalue weighted by molar-refractivity contribution is 5.89.